The van der Waals surface area contributed by atoms with E-state index in [1.165, 1.54) is 18.4 Å². The quantitative estimate of drug-likeness (QED) is 0.703. The number of rotatable bonds is 2. The lowest BCUT2D eigenvalue weighted by Gasteiger charge is -2.19. The van der Waals surface area contributed by atoms with Gasteiger partial charge in [0.05, 0.1) is 5.69 Å². The molecule has 1 atom stereocenters. The van der Waals surface area contributed by atoms with Crippen molar-refractivity contribution in [2.24, 2.45) is 5.41 Å². The highest BCUT2D eigenvalue weighted by Crippen LogP contribution is 2.31. The minimum Gasteiger partial charge on any atom is -0.256 e. The molecule has 1 nitrogen and oxygen atoms in total. The molecule has 0 aliphatic heterocycles. The Morgan fingerprint density at radius 1 is 1.27 bits per heavy atom. The molecule has 1 aliphatic rings. The molecule has 0 N–H and O–H groups in total. The summed E-state index contributed by atoms with van der Waals surface area (Å²) >= 11 is 0. The van der Waals surface area contributed by atoms with E-state index in [2.05, 4.69) is 49.2 Å². The van der Waals surface area contributed by atoms with Crippen LogP contribution in [0.2, 0.25) is 0 Å². The zero-order valence-corrected chi connectivity index (χ0v) is 9.40. The van der Waals surface area contributed by atoms with Crippen molar-refractivity contribution in [2.45, 2.75) is 26.7 Å². The van der Waals surface area contributed by atoms with Crippen LogP contribution < -0.4 is 0 Å². The summed E-state index contributed by atoms with van der Waals surface area (Å²) in [5.41, 5.74) is 2.48. The highest BCUT2D eigenvalue weighted by atomic mass is 14.7. The Bertz CT molecular complexity index is 369. The molecule has 1 heterocycles. The standard InChI is InChI=1S/C14H17N/c1-3-8-14(2)9-6-12-5-4-11-15-13(12)7-10-14/h4-7,9-11H,3,8H2,1-2H3. The van der Waals surface area contributed by atoms with Crippen LogP contribution in [0, 0.1) is 5.41 Å². The summed E-state index contributed by atoms with van der Waals surface area (Å²) in [6.07, 6.45) is 13.1. The monoisotopic (exact) mass is 199 g/mol. The van der Waals surface area contributed by atoms with Crippen LogP contribution >= 0.6 is 0 Å². The molecule has 1 aliphatic carbocycles. The van der Waals surface area contributed by atoms with Crippen LogP contribution in [0.3, 0.4) is 0 Å². The lowest BCUT2D eigenvalue weighted by Crippen LogP contribution is -2.07. The number of hydrogen-bond acceptors (Lipinski definition) is 1. The van der Waals surface area contributed by atoms with Gasteiger partial charge >= 0.3 is 0 Å². The first-order valence-electron chi connectivity index (χ1n) is 5.57. The highest BCUT2D eigenvalue weighted by Gasteiger charge is 2.17. The first-order chi connectivity index (χ1) is 7.23. The molecule has 0 fully saturated rings. The molecule has 0 amide bonds. The van der Waals surface area contributed by atoms with Crippen molar-refractivity contribution in [3.8, 4) is 0 Å². The van der Waals surface area contributed by atoms with Crippen molar-refractivity contribution < 1.29 is 0 Å². The van der Waals surface area contributed by atoms with Crippen LogP contribution in [0.25, 0.3) is 12.2 Å². The Morgan fingerprint density at radius 3 is 2.87 bits per heavy atom. The van der Waals surface area contributed by atoms with Gasteiger partial charge in [-0.2, -0.15) is 0 Å². The molecule has 0 aromatic carbocycles. The fourth-order valence-electron chi connectivity index (χ4n) is 2.02. The number of pyridine rings is 1. The normalized spacial score (nSPS) is 23.6. The van der Waals surface area contributed by atoms with Gasteiger partial charge in [0.2, 0.25) is 0 Å². The fraction of sp³-hybridized carbons (Fsp3) is 0.357. The maximum Gasteiger partial charge on any atom is 0.0698 e. The molecular weight excluding hydrogens is 182 g/mol. The highest BCUT2D eigenvalue weighted by molar-refractivity contribution is 5.65. The van der Waals surface area contributed by atoms with Gasteiger partial charge in [-0.05, 0) is 24.1 Å². The predicted molar refractivity (Wildman–Crippen MR) is 65.3 cm³/mol. The van der Waals surface area contributed by atoms with E-state index in [1.807, 2.05) is 12.3 Å². The lowest BCUT2D eigenvalue weighted by molar-refractivity contribution is 0.497. The van der Waals surface area contributed by atoms with Gasteiger partial charge in [0.1, 0.15) is 0 Å². The van der Waals surface area contributed by atoms with Crippen molar-refractivity contribution in [1.29, 1.82) is 0 Å². The SMILES string of the molecule is CCCC1(C)C=Cc2cccnc2C=C1. The summed E-state index contributed by atoms with van der Waals surface area (Å²) in [6, 6.07) is 4.10. The van der Waals surface area contributed by atoms with E-state index in [0.29, 0.717) is 0 Å². The van der Waals surface area contributed by atoms with E-state index in [-0.39, 0.29) is 5.41 Å². The third-order valence-electron chi connectivity index (χ3n) is 2.93. The zero-order valence-electron chi connectivity index (χ0n) is 9.40. The van der Waals surface area contributed by atoms with Crippen molar-refractivity contribution in [3.63, 3.8) is 0 Å². The Labute approximate surface area is 91.6 Å². The third kappa shape index (κ3) is 2.17. The first-order valence-corrected chi connectivity index (χ1v) is 5.57. The van der Waals surface area contributed by atoms with Gasteiger partial charge in [0, 0.05) is 11.6 Å². The lowest BCUT2D eigenvalue weighted by atomic mass is 9.85. The molecule has 1 aromatic heterocycles. The Morgan fingerprint density at radius 2 is 2.07 bits per heavy atom. The number of nitrogens with zero attached hydrogens (tertiary/aromatic N) is 1. The van der Waals surface area contributed by atoms with Crippen molar-refractivity contribution in [1.82, 2.24) is 4.98 Å². The second-order valence-electron chi connectivity index (χ2n) is 4.40. The summed E-state index contributed by atoms with van der Waals surface area (Å²) in [5.74, 6) is 0. The second kappa shape index (κ2) is 4.01. The molecule has 1 unspecified atom stereocenters. The van der Waals surface area contributed by atoms with Crippen LogP contribution in [-0.4, -0.2) is 4.98 Å². The summed E-state index contributed by atoms with van der Waals surface area (Å²) in [7, 11) is 0. The van der Waals surface area contributed by atoms with Gasteiger partial charge in [0.25, 0.3) is 0 Å². The minimum atomic E-state index is 0.190. The van der Waals surface area contributed by atoms with Gasteiger partial charge in [-0.25, -0.2) is 0 Å². The minimum absolute atomic E-state index is 0.190. The van der Waals surface area contributed by atoms with Crippen LogP contribution in [0.4, 0.5) is 0 Å². The molecule has 0 radical (unpaired) electrons. The summed E-state index contributed by atoms with van der Waals surface area (Å²) in [5, 5.41) is 0. The summed E-state index contributed by atoms with van der Waals surface area (Å²) < 4.78 is 0. The number of fused-ring (bicyclic) bond motifs is 1. The number of hydrogen-bond donors (Lipinski definition) is 0. The van der Waals surface area contributed by atoms with Crippen LogP contribution in [-0.2, 0) is 0 Å². The van der Waals surface area contributed by atoms with Crippen LogP contribution in [0.15, 0.2) is 30.5 Å². The predicted octanol–water partition coefficient (Wildman–Crippen LogP) is 3.93. The van der Waals surface area contributed by atoms with E-state index >= 15 is 0 Å². The molecule has 78 valence electrons. The molecule has 0 saturated carbocycles. The molecule has 0 bridgehead atoms. The molecule has 0 saturated heterocycles. The fourth-order valence-corrected chi connectivity index (χ4v) is 2.02. The molecule has 2 rings (SSSR count). The Kier molecular flexibility index (Phi) is 2.72. The van der Waals surface area contributed by atoms with Gasteiger partial charge < -0.3 is 0 Å². The van der Waals surface area contributed by atoms with Gasteiger partial charge in [-0.3, -0.25) is 4.98 Å². The van der Waals surface area contributed by atoms with Crippen LogP contribution in [0.5, 0.6) is 0 Å². The second-order valence-corrected chi connectivity index (χ2v) is 4.40. The average molecular weight is 199 g/mol. The van der Waals surface area contributed by atoms with Gasteiger partial charge in [0.15, 0.2) is 0 Å². The summed E-state index contributed by atoms with van der Waals surface area (Å²) in [6.45, 7) is 4.50. The van der Waals surface area contributed by atoms with Crippen molar-refractivity contribution in [2.75, 3.05) is 0 Å². The maximum atomic E-state index is 4.37. The average Bonchev–Trinajstić information content (AvgIpc) is 2.40. The molecule has 0 spiro atoms. The van der Waals surface area contributed by atoms with E-state index in [0.717, 1.165) is 5.69 Å². The molecular formula is C14H17N. The Hall–Kier alpha value is -1.37. The molecule has 15 heavy (non-hydrogen) atoms. The first kappa shape index (κ1) is 10.2. The van der Waals surface area contributed by atoms with Crippen LogP contribution in [0.1, 0.15) is 37.9 Å². The maximum absolute atomic E-state index is 4.37. The molecule has 1 aromatic rings. The van der Waals surface area contributed by atoms with E-state index in [9.17, 15) is 0 Å². The number of aromatic nitrogens is 1. The molecule has 1 heteroatoms. The third-order valence-corrected chi connectivity index (χ3v) is 2.93. The topological polar surface area (TPSA) is 12.9 Å². The Balaban J connectivity index is 2.37. The summed E-state index contributed by atoms with van der Waals surface area (Å²) in [4.78, 5) is 4.37. The largest absolute Gasteiger partial charge is 0.256 e. The van der Waals surface area contributed by atoms with Gasteiger partial charge in [-0.1, -0.05) is 44.6 Å². The smallest absolute Gasteiger partial charge is 0.0698 e. The van der Waals surface area contributed by atoms with Gasteiger partial charge in [-0.15, -0.1) is 0 Å². The van der Waals surface area contributed by atoms with Crippen molar-refractivity contribution >= 4 is 12.2 Å². The van der Waals surface area contributed by atoms with E-state index in [4.69, 9.17) is 0 Å². The zero-order chi connectivity index (χ0) is 10.7. The van der Waals surface area contributed by atoms with Crippen molar-refractivity contribution in [3.05, 3.63) is 41.7 Å². The number of allylic oxidation sites excluding steroid dienone is 2. The van der Waals surface area contributed by atoms with E-state index in [1.54, 1.807) is 0 Å². The van der Waals surface area contributed by atoms with E-state index < -0.39 is 0 Å².